The van der Waals surface area contributed by atoms with Crippen molar-refractivity contribution in [1.82, 2.24) is 4.72 Å². The van der Waals surface area contributed by atoms with Gasteiger partial charge >= 0.3 is 5.97 Å². The molecule has 1 aliphatic rings. The molecule has 7 heteroatoms. The van der Waals surface area contributed by atoms with Crippen LogP contribution in [-0.4, -0.2) is 27.2 Å². The molecule has 1 atom stereocenters. The highest BCUT2D eigenvalue weighted by Crippen LogP contribution is 2.42. The Labute approximate surface area is 204 Å². The van der Waals surface area contributed by atoms with Crippen LogP contribution >= 0.6 is 11.8 Å². The minimum absolute atomic E-state index is 0.00747. The molecule has 174 valence electrons. The van der Waals surface area contributed by atoms with Crippen LogP contribution in [-0.2, 0) is 21.2 Å². The highest BCUT2D eigenvalue weighted by Gasteiger charge is 2.23. The van der Waals surface area contributed by atoms with Crippen LogP contribution in [0.1, 0.15) is 43.4 Å². The van der Waals surface area contributed by atoms with E-state index in [-0.39, 0.29) is 11.0 Å². The number of benzene rings is 3. The van der Waals surface area contributed by atoms with Gasteiger partial charge in [0.2, 0.25) is 10.0 Å². The lowest BCUT2D eigenvalue weighted by molar-refractivity contribution is 0.0600. The molecule has 0 spiro atoms. The van der Waals surface area contributed by atoms with E-state index in [1.807, 2.05) is 66.7 Å². The van der Waals surface area contributed by atoms with Gasteiger partial charge in [-0.05, 0) is 51.8 Å². The normalized spacial score (nSPS) is 14.8. The Bertz CT molecular complexity index is 1330. The van der Waals surface area contributed by atoms with Gasteiger partial charge in [-0.3, -0.25) is 4.72 Å². The second kappa shape index (κ2) is 10.8. The first-order chi connectivity index (χ1) is 16.5. The molecule has 0 bridgehead atoms. The third-order valence-electron chi connectivity index (χ3n) is 5.54. The Morgan fingerprint density at radius 1 is 0.971 bits per heavy atom. The Kier molecular flexibility index (Phi) is 7.55. The van der Waals surface area contributed by atoms with Gasteiger partial charge in [-0.15, -0.1) is 11.8 Å². The number of fused-ring (bicyclic) bond motifs is 2. The summed E-state index contributed by atoms with van der Waals surface area (Å²) in [5, 5.41) is 1.62. The molecule has 0 amide bonds. The number of carbonyl (C=O) groups is 1. The summed E-state index contributed by atoms with van der Waals surface area (Å²) in [7, 11) is -2.09. The molecule has 0 aliphatic heterocycles. The van der Waals surface area contributed by atoms with E-state index in [1.165, 1.54) is 25.1 Å². The van der Waals surface area contributed by atoms with Crippen LogP contribution in [0.2, 0.25) is 0 Å². The van der Waals surface area contributed by atoms with Crippen molar-refractivity contribution in [2.24, 2.45) is 0 Å². The molecular weight excluding hydrogens is 466 g/mol. The molecule has 1 unspecified atom stereocenters. The van der Waals surface area contributed by atoms with Gasteiger partial charge < -0.3 is 4.74 Å². The molecule has 4 rings (SSSR count). The van der Waals surface area contributed by atoms with Crippen LogP contribution in [0.4, 0.5) is 0 Å². The molecule has 3 aromatic carbocycles. The molecule has 1 N–H and O–H groups in total. The molecule has 0 saturated heterocycles. The lowest BCUT2D eigenvalue weighted by atomic mass is 9.97. The SMILES string of the molecule is COC(=O)c1ccc2c(c1)C(SC=CNS(=O)(=O)CCc1ccccc1)c1ccccc1C=C2. The fourth-order valence-electron chi connectivity index (χ4n) is 3.80. The molecule has 5 nitrogen and oxygen atoms in total. The van der Waals surface area contributed by atoms with E-state index >= 15 is 0 Å². The number of methoxy groups -OCH3 is 1. The van der Waals surface area contributed by atoms with Crippen LogP contribution in [0.3, 0.4) is 0 Å². The van der Waals surface area contributed by atoms with Crippen LogP contribution in [0.5, 0.6) is 0 Å². The van der Waals surface area contributed by atoms with Crippen molar-refractivity contribution in [2.75, 3.05) is 12.9 Å². The first-order valence-corrected chi connectivity index (χ1v) is 13.4. The zero-order valence-corrected chi connectivity index (χ0v) is 20.3. The molecule has 0 saturated carbocycles. The average molecular weight is 492 g/mol. The Hall–Kier alpha value is -3.29. The first kappa shape index (κ1) is 23.9. The zero-order valence-electron chi connectivity index (χ0n) is 18.7. The van der Waals surface area contributed by atoms with Gasteiger partial charge in [-0.1, -0.05) is 72.8 Å². The number of esters is 1. The molecule has 34 heavy (non-hydrogen) atoms. The van der Waals surface area contributed by atoms with Crippen LogP contribution in [0, 0.1) is 0 Å². The van der Waals surface area contributed by atoms with E-state index in [0.717, 1.165) is 27.8 Å². The number of ether oxygens (including phenoxy) is 1. The predicted molar refractivity (Wildman–Crippen MR) is 139 cm³/mol. The number of thioether (sulfide) groups is 1. The first-order valence-electron chi connectivity index (χ1n) is 10.8. The summed E-state index contributed by atoms with van der Waals surface area (Å²) >= 11 is 1.48. The lowest BCUT2D eigenvalue weighted by Crippen LogP contribution is -2.22. The fourth-order valence-corrected chi connectivity index (χ4v) is 5.80. The fraction of sp³-hybridized carbons (Fsp3) is 0.148. The number of hydrogen-bond acceptors (Lipinski definition) is 5. The highest BCUT2D eigenvalue weighted by molar-refractivity contribution is 8.02. The molecule has 0 radical (unpaired) electrons. The molecule has 3 aromatic rings. The highest BCUT2D eigenvalue weighted by atomic mass is 32.2. The second-order valence-corrected chi connectivity index (χ2v) is 10.7. The van der Waals surface area contributed by atoms with Gasteiger partial charge in [0.05, 0.1) is 23.7 Å². The van der Waals surface area contributed by atoms with Crippen molar-refractivity contribution in [3.63, 3.8) is 0 Å². The Morgan fingerprint density at radius 2 is 1.68 bits per heavy atom. The molecule has 0 fully saturated rings. The quantitative estimate of drug-likeness (QED) is 0.427. The van der Waals surface area contributed by atoms with E-state index in [9.17, 15) is 13.2 Å². The van der Waals surface area contributed by atoms with Crippen molar-refractivity contribution in [3.8, 4) is 0 Å². The van der Waals surface area contributed by atoms with E-state index < -0.39 is 16.0 Å². The smallest absolute Gasteiger partial charge is 0.337 e. The van der Waals surface area contributed by atoms with Crippen molar-refractivity contribution < 1.29 is 17.9 Å². The van der Waals surface area contributed by atoms with Crippen molar-refractivity contribution in [2.45, 2.75) is 11.7 Å². The molecule has 0 aromatic heterocycles. The van der Waals surface area contributed by atoms with E-state index in [2.05, 4.69) is 16.9 Å². The maximum Gasteiger partial charge on any atom is 0.337 e. The summed E-state index contributed by atoms with van der Waals surface area (Å²) in [5.41, 5.74) is 5.58. The second-order valence-electron chi connectivity index (χ2n) is 7.79. The number of rotatable bonds is 8. The third kappa shape index (κ3) is 5.79. The van der Waals surface area contributed by atoms with Crippen molar-refractivity contribution >= 4 is 39.9 Å². The van der Waals surface area contributed by atoms with Crippen molar-refractivity contribution in [1.29, 1.82) is 0 Å². The summed E-state index contributed by atoms with van der Waals surface area (Å²) in [6, 6.07) is 23.1. The number of carbonyl (C=O) groups excluding carboxylic acids is 1. The lowest BCUT2D eigenvalue weighted by Gasteiger charge is -2.19. The van der Waals surface area contributed by atoms with Crippen LogP contribution in [0.15, 0.2) is 84.4 Å². The van der Waals surface area contributed by atoms with Gasteiger partial charge in [0, 0.05) is 6.20 Å². The number of hydrogen-bond donors (Lipinski definition) is 1. The maximum absolute atomic E-state index is 12.4. The summed E-state index contributed by atoms with van der Waals surface area (Å²) in [5.74, 6) is -0.386. The largest absolute Gasteiger partial charge is 0.465 e. The monoisotopic (exact) mass is 491 g/mol. The topological polar surface area (TPSA) is 72.5 Å². The minimum Gasteiger partial charge on any atom is -0.465 e. The van der Waals surface area contributed by atoms with E-state index in [1.54, 1.807) is 11.5 Å². The van der Waals surface area contributed by atoms with Crippen LogP contribution < -0.4 is 4.72 Å². The Morgan fingerprint density at radius 3 is 2.44 bits per heavy atom. The standard InChI is InChI=1S/C27H25NO4S2/c1-32-27(29)23-14-13-22-12-11-21-9-5-6-10-24(21)26(25(22)19-23)33-17-16-28-34(30,31)18-15-20-7-3-2-4-8-20/h2-14,16-17,19,26,28H,15,18H2,1H3. The van der Waals surface area contributed by atoms with Gasteiger partial charge in [-0.2, -0.15) is 0 Å². The van der Waals surface area contributed by atoms with Gasteiger partial charge in [0.1, 0.15) is 0 Å². The van der Waals surface area contributed by atoms with Gasteiger partial charge in [-0.25, -0.2) is 13.2 Å². The minimum atomic E-state index is -3.46. The molecule has 0 heterocycles. The van der Waals surface area contributed by atoms with E-state index in [0.29, 0.717) is 12.0 Å². The summed E-state index contributed by atoms with van der Waals surface area (Å²) < 4.78 is 32.3. The number of nitrogens with one attached hydrogen (secondary N) is 1. The summed E-state index contributed by atoms with van der Waals surface area (Å²) in [6.45, 7) is 0. The number of sulfonamides is 1. The van der Waals surface area contributed by atoms with Gasteiger partial charge in [0.25, 0.3) is 0 Å². The number of aryl methyl sites for hydroxylation is 1. The zero-order chi connectivity index (χ0) is 24.0. The average Bonchev–Trinajstić information content (AvgIpc) is 3.02. The molecule has 1 aliphatic carbocycles. The van der Waals surface area contributed by atoms with E-state index in [4.69, 9.17) is 4.74 Å². The maximum atomic E-state index is 12.4. The Balaban J connectivity index is 1.53. The summed E-state index contributed by atoms with van der Waals surface area (Å²) in [6.07, 6.45) is 6.01. The van der Waals surface area contributed by atoms with Crippen molar-refractivity contribution in [3.05, 3.63) is 118 Å². The third-order valence-corrected chi connectivity index (χ3v) is 7.85. The van der Waals surface area contributed by atoms with Crippen LogP contribution in [0.25, 0.3) is 12.2 Å². The summed E-state index contributed by atoms with van der Waals surface area (Å²) in [4.78, 5) is 12.1. The molecular formula is C27H25NO4S2. The predicted octanol–water partition coefficient (Wildman–Crippen LogP) is 5.41. The van der Waals surface area contributed by atoms with Gasteiger partial charge in [0.15, 0.2) is 0 Å².